The van der Waals surface area contributed by atoms with Gasteiger partial charge in [0.1, 0.15) is 5.69 Å². The molecule has 0 radical (unpaired) electrons. The van der Waals surface area contributed by atoms with Crippen molar-refractivity contribution in [1.82, 2.24) is 15.2 Å². The number of aliphatic imine (C=N–C) groups is 1. The van der Waals surface area contributed by atoms with Gasteiger partial charge in [-0.1, -0.05) is 0 Å². The van der Waals surface area contributed by atoms with E-state index in [2.05, 4.69) is 20.2 Å². The number of aromatic amines is 2. The van der Waals surface area contributed by atoms with E-state index < -0.39 is 0 Å². The van der Waals surface area contributed by atoms with Gasteiger partial charge in [0.2, 0.25) is 5.56 Å². The van der Waals surface area contributed by atoms with E-state index in [1.807, 2.05) is 18.2 Å². The van der Waals surface area contributed by atoms with Gasteiger partial charge < -0.3 is 10.7 Å². The summed E-state index contributed by atoms with van der Waals surface area (Å²) < 4.78 is 0. The summed E-state index contributed by atoms with van der Waals surface area (Å²) in [5, 5.41) is 8.14. The zero-order chi connectivity index (χ0) is 13.2. The highest BCUT2D eigenvalue weighted by Crippen LogP contribution is 2.28. The molecule has 0 atom stereocenters. The number of pyridine rings is 1. The van der Waals surface area contributed by atoms with Gasteiger partial charge in [0, 0.05) is 23.2 Å². The maximum absolute atomic E-state index is 11.1. The first-order chi connectivity index (χ1) is 9.28. The van der Waals surface area contributed by atoms with Crippen LogP contribution in [0.15, 0.2) is 46.3 Å². The van der Waals surface area contributed by atoms with Crippen LogP contribution in [0.5, 0.6) is 0 Å². The van der Waals surface area contributed by atoms with E-state index in [9.17, 15) is 4.79 Å². The van der Waals surface area contributed by atoms with Crippen LogP contribution in [0.3, 0.4) is 0 Å². The van der Waals surface area contributed by atoms with Crippen molar-refractivity contribution in [2.45, 2.75) is 0 Å². The number of nitrogens with zero attached hydrogens (tertiary/aromatic N) is 2. The molecule has 2 heterocycles. The molecule has 0 saturated heterocycles. The van der Waals surface area contributed by atoms with Crippen molar-refractivity contribution in [3.8, 4) is 11.3 Å². The number of H-pyrrole nitrogens is 2. The van der Waals surface area contributed by atoms with Crippen molar-refractivity contribution in [3.05, 3.63) is 46.9 Å². The minimum Gasteiger partial charge on any atom is -0.390 e. The van der Waals surface area contributed by atoms with Crippen molar-refractivity contribution in [1.29, 1.82) is 0 Å². The standard InChI is InChI=1S/C13H11N5O/c14-7-16-9-2-3-11-10(5-9)13(18-17-11)8-1-4-12(19)15-6-8/h1-7H,(H2,14,16)(H,15,19)(H,17,18). The SMILES string of the molecule is NC=Nc1ccc2[nH]nc(-c3ccc(=O)[nH]c3)c2c1. The number of nitrogens with one attached hydrogen (secondary N) is 2. The Bertz CT molecular complexity index is 795. The van der Waals surface area contributed by atoms with Crippen LogP contribution in [0, 0.1) is 0 Å². The number of rotatable bonds is 2. The fourth-order valence-electron chi connectivity index (χ4n) is 1.95. The van der Waals surface area contributed by atoms with Gasteiger partial charge in [-0.3, -0.25) is 9.89 Å². The third kappa shape index (κ3) is 1.99. The molecule has 0 aliphatic carbocycles. The second-order valence-electron chi connectivity index (χ2n) is 4.02. The van der Waals surface area contributed by atoms with Gasteiger partial charge in [-0.05, 0) is 24.3 Å². The zero-order valence-corrected chi connectivity index (χ0v) is 9.92. The third-order valence-corrected chi connectivity index (χ3v) is 2.83. The molecule has 6 heteroatoms. The summed E-state index contributed by atoms with van der Waals surface area (Å²) in [6.07, 6.45) is 2.89. The Labute approximate surface area is 108 Å². The Kier molecular flexibility index (Phi) is 2.60. The highest BCUT2D eigenvalue weighted by molar-refractivity contribution is 5.94. The van der Waals surface area contributed by atoms with E-state index in [0.29, 0.717) is 0 Å². The van der Waals surface area contributed by atoms with Crippen molar-refractivity contribution in [2.75, 3.05) is 0 Å². The Morgan fingerprint density at radius 3 is 2.89 bits per heavy atom. The lowest BCUT2D eigenvalue weighted by atomic mass is 10.1. The number of fused-ring (bicyclic) bond motifs is 1. The van der Waals surface area contributed by atoms with Crippen LogP contribution in [0.2, 0.25) is 0 Å². The molecule has 3 rings (SSSR count). The molecule has 19 heavy (non-hydrogen) atoms. The highest BCUT2D eigenvalue weighted by atomic mass is 16.1. The molecule has 0 saturated carbocycles. The van der Waals surface area contributed by atoms with E-state index in [4.69, 9.17) is 5.73 Å². The summed E-state index contributed by atoms with van der Waals surface area (Å²) in [7, 11) is 0. The third-order valence-electron chi connectivity index (χ3n) is 2.83. The lowest BCUT2D eigenvalue weighted by Gasteiger charge is -1.98. The Morgan fingerprint density at radius 2 is 2.16 bits per heavy atom. The first-order valence-electron chi connectivity index (χ1n) is 5.69. The van der Waals surface area contributed by atoms with Crippen LogP contribution >= 0.6 is 0 Å². The molecule has 94 valence electrons. The zero-order valence-electron chi connectivity index (χ0n) is 9.92. The first-order valence-corrected chi connectivity index (χ1v) is 5.69. The Hall–Kier alpha value is -2.89. The highest BCUT2D eigenvalue weighted by Gasteiger charge is 2.08. The fraction of sp³-hybridized carbons (Fsp3) is 0. The topological polar surface area (TPSA) is 99.9 Å². The lowest BCUT2D eigenvalue weighted by molar-refractivity contribution is 1.12. The molecule has 6 nitrogen and oxygen atoms in total. The number of benzene rings is 1. The maximum atomic E-state index is 11.1. The van der Waals surface area contributed by atoms with Gasteiger partial charge in [0.15, 0.2) is 0 Å². The molecule has 4 N–H and O–H groups in total. The van der Waals surface area contributed by atoms with E-state index in [1.165, 1.54) is 12.4 Å². The van der Waals surface area contributed by atoms with Crippen LogP contribution in [-0.4, -0.2) is 21.5 Å². The average Bonchev–Trinajstić information content (AvgIpc) is 2.83. The molecule has 0 aliphatic heterocycles. The summed E-state index contributed by atoms with van der Waals surface area (Å²) in [6.45, 7) is 0. The summed E-state index contributed by atoms with van der Waals surface area (Å²) in [5.41, 5.74) is 8.40. The molecule has 0 aliphatic rings. The van der Waals surface area contributed by atoms with Crippen molar-refractivity contribution >= 4 is 22.9 Å². The van der Waals surface area contributed by atoms with Crippen LogP contribution in [0.4, 0.5) is 5.69 Å². The molecule has 0 spiro atoms. The predicted molar refractivity (Wildman–Crippen MR) is 74.5 cm³/mol. The minimum atomic E-state index is -0.142. The summed E-state index contributed by atoms with van der Waals surface area (Å²) >= 11 is 0. The summed E-state index contributed by atoms with van der Waals surface area (Å²) in [6, 6.07) is 8.83. The summed E-state index contributed by atoms with van der Waals surface area (Å²) in [4.78, 5) is 17.7. The van der Waals surface area contributed by atoms with Gasteiger partial charge in [0.25, 0.3) is 0 Å². The van der Waals surface area contributed by atoms with E-state index in [-0.39, 0.29) is 5.56 Å². The van der Waals surface area contributed by atoms with Gasteiger partial charge >= 0.3 is 0 Å². The quantitative estimate of drug-likeness (QED) is 0.477. The molecular weight excluding hydrogens is 242 g/mol. The molecule has 1 aromatic carbocycles. The van der Waals surface area contributed by atoms with Gasteiger partial charge in [0.05, 0.1) is 17.5 Å². The van der Waals surface area contributed by atoms with Crippen molar-refractivity contribution in [3.63, 3.8) is 0 Å². The van der Waals surface area contributed by atoms with Gasteiger partial charge in [-0.2, -0.15) is 5.10 Å². The Balaban J connectivity index is 2.20. The predicted octanol–water partition coefficient (Wildman–Crippen LogP) is 1.54. The largest absolute Gasteiger partial charge is 0.390 e. The van der Waals surface area contributed by atoms with Gasteiger partial charge in [-0.25, -0.2) is 4.99 Å². The smallest absolute Gasteiger partial charge is 0.247 e. The van der Waals surface area contributed by atoms with Crippen LogP contribution in [0.25, 0.3) is 22.2 Å². The molecule has 0 bridgehead atoms. The molecular formula is C13H11N5O. The average molecular weight is 253 g/mol. The number of nitrogens with two attached hydrogens (primary N) is 1. The number of aromatic nitrogens is 3. The van der Waals surface area contributed by atoms with E-state index >= 15 is 0 Å². The monoisotopic (exact) mass is 253 g/mol. The fourth-order valence-corrected chi connectivity index (χ4v) is 1.95. The van der Waals surface area contributed by atoms with E-state index in [1.54, 1.807) is 12.3 Å². The Morgan fingerprint density at radius 1 is 1.26 bits per heavy atom. The second-order valence-corrected chi connectivity index (χ2v) is 4.02. The second kappa shape index (κ2) is 4.41. The van der Waals surface area contributed by atoms with Crippen molar-refractivity contribution < 1.29 is 0 Å². The van der Waals surface area contributed by atoms with Crippen LogP contribution in [0.1, 0.15) is 0 Å². The molecule has 3 aromatic rings. The minimum absolute atomic E-state index is 0.142. The summed E-state index contributed by atoms with van der Waals surface area (Å²) in [5.74, 6) is 0. The van der Waals surface area contributed by atoms with Crippen LogP contribution < -0.4 is 11.3 Å². The lowest BCUT2D eigenvalue weighted by Crippen LogP contribution is -2.01. The first kappa shape index (κ1) is 11.2. The van der Waals surface area contributed by atoms with E-state index in [0.717, 1.165) is 27.8 Å². The normalized spacial score (nSPS) is 11.4. The molecule has 0 amide bonds. The van der Waals surface area contributed by atoms with Crippen molar-refractivity contribution in [2.24, 2.45) is 10.7 Å². The number of hydrogen-bond donors (Lipinski definition) is 3. The maximum Gasteiger partial charge on any atom is 0.247 e. The molecule has 2 aromatic heterocycles. The number of hydrogen-bond acceptors (Lipinski definition) is 3. The van der Waals surface area contributed by atoms with Gasteiger partial charge in [-0.15, -0.1) is 0 Å². The van der Waals surface area contributed by atoms with Crippen LogP contribution in [-0.2, 0) is 0 Å². The molecule has 0 fully saturated rings. The molecule has 0 unspecified atom stereocenters.